The Kier molecular flexibility index (Phi) is 6.51. The highest BCUT2D eigenvalue weighted by Crippen LogP contribution is 2.37. The Hall–Kier alpha value is -3.04. The molecule has 0 spiro atoms. The van der Waals surface area contributed by atoms with Gasteiger partial charge in [0, 0.05) is 31.4 Å². The molecule has 0 aliphatic carbocycles. The number of aryl methyl sites for hydroxylation is 1. The third-order valence-corrected chi connectivity index (χ3v) is 3.93. The number of rotatable bonds is 10. The number of nitrogens with zero attached hydrogens (tertiary/aromatic N) is 2. The molecule has 0 aliphatic heterocycles. The van der Waals surface area contributed by atoms with Crippen LogP contribution in [0.3, 0.4) is 0 Å². The van der Waals surface area contributed by atoms with Gasteiger partial charge in [-0.3, -0.25) is 5.10 Å². The maximum absolute atomic E-state index is 10.4. The van der Waals surface area contributed by atoms with E-state index >= 15 is 0 Å². The normalized spacial score (nSPS) is 11.0. The number of pyridine rings is 1. The first kappa shape index (κ1) is 19.7. The Labute approximate surface area is 162 Å². The lowest BCUT2D eigenvalue weighted by Crippen LogP contribution is -2.08. The van der Waals surface area contributed by atoms with E-state index in [1.807, 2.05) is 13.0 Å². The van der Waals surface area contributed by atoms with Gasteiger partial charge in [0.25, 0.3) is 0 Å². The van der Waals surface area contributed by atoms with Crippen LogP contribution < -0.4 is 14.8 Å². The molecule has 28 heavy (non-hydrogen) atoms. The number of hydrogen-bond donors (Lipinski definition) is 3. The van der Waals surface area contributed by atoms with Gasteiger partial charge in [-0.05, 0) is 30.5 Å². The minimum absolute atomic E-state index is 0.118. The van der Waals surface area contributed by atoms with Gasteiger partial charge in [0.1, 0.15) is 19.0 Å². The van der Waals surface area contributed by atoms with E-state index in [4.69, 9.17) is 18.9 Å². The first-order valence-corrected chi connectivity index (χ1v) is 8.81. The monoisotopic (exact) mass is 388 g/mol. The summed E-state index contributed by atoms with van der Waals surface area (Å²) in [4.78, 5) is 4.20. The van der Waals surface area contributed by atoms with Gasteiger partial charge < -0.3 is 29.4 Å². The van der Waals surface area contributed by atoms with Crippen LogP contribution in [0.5, 0.6) is 17.4 Å². The summed E-state index contributed by atoms with van der Waals surface area (Å²) in [6.07, 6.45) is 0. The van der Waals surface area contributed by atoms with E-state index in [0.29, 0.717) is 54.9 Å². The molecule has 3 rings (SSSR count). The van der Waals surface area contributed by atoms with E-state index in [2.05, 4.69) is 20.5 Å². The zero-order chi connectivity index (χ0) is 19.9. The number of methoxy groups -OCH3 is 2. The number of hydrogen-bond acceptors (Lipinski definition) is 8. The predicted octanol–water partition coefficient (Wildman–Crippen LogP) is 2.77. The van der Waals surface area contributed by atoms with Crippen molar-refractivity contribution >= 4 is 22.4 Å². The van der Waals surface area contributed by atoms with Gasteiger partial charge in [-0.25, -0.2) is 0 Å². The second-order valence-electron chi connectivity index (χ2n) is 6.09. The quantitative estimate of drug-likeness (QED) is 0.455. The van der Waals surface area contributed by atoms with E-state index in [0.717, 1.165) is 11.1 Å². The van der Waals surface area contributed by atoms with Crippen molar-refractivity contribution in [2.45, 2.75) is 6.92 Å². The summed E-state index contributed by atoms with van der Waals surface area (Å²) in [6.45, 7) is 3.51. The fourth-order valence-electron chi connectivity index (χ4n) is 2.62. The van der Waals surface area contributed by atoms with Crippen molar-refractivity contribution in [2.24, 2.45) is 0 Å². The van der Waals surface area contributed by atoms with E-state index < -0.39 is 0 Å². The largest absolute Gasteiger partial charge is 0.493 e. The van der Waals surface area contributed by atoms with Crippen molar-refractivity contribution in [3.8, 4) is 17.4 Å². The maximum Gasteiger partial charge on any atom is 0.220 e. The van der Waals surface area contributed by atoms with Crippen molar-refractivity contribution in [3.63, 3.8) is 0 Å². The maximum atomic E-state index is 10.4. The van der Waals surface area contributed by atoms with Crippen LogP contribution in [0.2, 0.25) is 0 Å². The molecule has 150 valence electrons. The highest BCUT2D eigenvalue weighted by Gasteiger charge is 2.13. The minimum Gasteiger partial charge on any atom is -0.493 e. The molecule has 0 fully saturated rings. The number of benzene rings is 1. The molecule has 1 aromatic carbocycles. The first-order chi connectivity index (χ1) is 13.6. The average Bonchev–Trinajstić information content (AvgIpc) is 3.07. The molecule has 0 saturated carbocycles. The van der Waals surface area contributed by atoms with Gasteiger partial charge in [-0.1, -0.05) is 0 Å². The van der Waals surface area contributed by atoms with Gasteiger partial charge in [-0.15, -0.1) is 0 Å². The van der Waals surface area contributed by atoms with Crippen LogP contribution in [-0.4, -0.2) is 60.9 Å². The molecule has 0 atom stereocenters. The van der Waals surface area contributed by atoms with Crippen LogP contribution in [-0.2, 0) is 9.47 Å². The Morgan fingerprint density at radius 1 is 0.929 bits per heavy atom. The lowest BCUT2D eigenvalue weighted by molar-refractivity contribution is 0.132. The molecule has 3 aromatic rings. The summed E-state index contributed by atoms with van der Waals surface area (Å²) in [5.41, 5.74) is 0.916. The molecule has 2 heterocycles. The third-order valence-electron chi connectivity index (χ3n) is 3.93. The standard InChI is InChI=1S/C19H24N4O5/c1-12-8-18(23-22-12)20-17-10-13-9-15(27-6-4-25-2)16(28-7-5-26-3)11-14(13)19(24)21-17/h8-11H,4-7H2,1-3H3,(H3,20,21,22,23,24). The zero-order valence-electron chi connectivity index (χ0n) is 16.1. The summed E-state index contributed by atoms with van der Waals surface area (Å²) in [7, 11) is 3.21. The summed E-state index contributed by atoms with van der Waals surface area (Å²) in [5, 5.41) is 21.7. The fourth-order valence-corrected chi connectivity index (χ4v) is 2.62. The Balaban J connectivity index is 1.93. The van der Waals surface area contributed by atoms with Gasteiger partial charge in [0.05, 0.1) is 13.2 Å². The summed E-state index contributed by atoms with van der Waals surface area (Å²) >= 11 is 0. The van der Waals surface area contributed by atoms with Crippen LogP contribution >= 0.6 is 0 Å². The number of anilines is 2. The van der Waals surface area contributed by atoms with Crippen LogP contribution in [0.25, 0.3) is 10.8 Å². The topological polar surface area (TPSA) is 111 Å². The highest BCUT2D eigenvalue weighted by atomic mass is 16.5. The molecular formula is C19H24N4O5. The Morgan fingerprint density at radius 2 is 1.61 bits per heavy atom. The molecule has 0 bridgehead atoms. The molecule has 0 amide bonds. The van der Waals surface area contributed by atoms with E-state index in [9.17, 15) is 5.11 Å². The summed E-state index contributed by atoms with van der Waals surface area (Å²) < 4.78 is 21.6. The number of aromatic nitrogens is 3. The van der Waals surface area contributed by atoms with Crippen molar-refractivity contribution in [2.75, 3.05) is 46.0 Å². The van der Waals surface area contributed by atoms with Gasteiger partial charge in [0.15, 0.2) is 17.3 Å². The van der Waals surface area contributed by atoms with Crippen LogP contribution in [0.1, 0.15) is 5.69 Å². The van der Waals surface area contributed by atoms with E-state index in [-0.39, 0.29) is 5.88 Å². The fraction of sp³-hybridized carbons (Fsp3) is 0.368. The predicted molar refractivity (Wildman–Crippen MR) is 105 cm³/mol. The second-order valence-corrected chi connectivity index (χ2v) is 6.09. The molecular weight excluding hydrogens is 364 g/mol. The van der Waals surface area contributed by atoms with E-state index in [1.54, 1.807) is 32.4 Å². The first-order valence-electron chi connectivity index (χ1n) is 8.81. The molecule has 0 aliphatic rings. The zero-order valence-corrected chi connectivity index (χ0v) is 16.1. The number of fused-ring (bicyclic) bond motifs is 1. The number of nitrogens with one attached hydrogen (secondary N) is 2. The van der Waals surface area contributed by atoms with Crippen molar-refractivity contribution in [1.82, 2.24) is 15.2 Å². The van der Waals surface area contributed by atoms with Gasteiger partial charge >= 0.3 is 0 Å². The summed E-state index contributed by atoms with van der Waals surface area (Å²) in [5.74, 6) is 2.01. The minimum atomic E-state index is -0.118. The average molecular weight is 388 g/mol. The molecule has 9 nitrogen and oxygen atoms in total. The Bertz CT molecular complexity index is 928. The smallest absolute Gasteiger partial charge is 0.220 e. The Morgan fingerprint density at radius 3 is 2.21 bits per heavy atom. The molecule has 0 radical (unpaired) electrons. The van der Waals surface area contributed by atoms with Crippen LogP contribution in [0.4, 0.5) is 11.6 Å². The molecule has 2 aromatic heterocycles. The number of aromatic amines is 1. The number of ether oxygens (including phenoxy) is 4. The molecule has 3 N–H and O–H groups in total. The number of aromatic hydroxyl groups is 1. The van der Waals surface area contributed by atoms with Crippen LogP contribution in [0, 0.1) is 6.92 Å². The third kappa shape index (κ3) is 4.81. The SMILES string of the molecule is COCCOc1cc2cc(Nc3cc(C)[nH]n3)nc(O)c2cc1OCCOC. The van der Waals surface area contributed by atoms with Gasteiger partial charge in [-0.2, -0.15) is 10.1 Å². The van der Waals surface area contributed by atoms with E-state index in [1.165, 1.54) is 0 Å². The molecule has 0 unspecified atom stereocenters. The van der Waals surface area contributed by atoms with Crippen molar-refractivity contribution in [1.29, 1.82) is 0 Å². The second kappa shape index (κ2) is 9.25. The highest BCUT2D eigenvalue weighted by molar-refractivity contribution is 5.92. The molecule has 9 heteroatoms. The summed E-state index contributed by atoms with van der Waals surface area (Å²) in [6, 6.07) is 7.16. The number of H-pyrrole nitrogens is 1. The van der Waals surface area contributed by atoms with Gasteiger partial charge in [0.2, 0.25) is 5.88 Å². The molecule has 0 saturated heterocycles. The lowest BCUT2D eigenvalue weighted by atomic mass is 10.1. The van der Waals surface area contributed by atoms with Crippen LogP contribution in [0.15, 0.2) is 24.3 Å². The van der Waals surface area contributed by atoms with Crippen molar-refractivity contribution < 1.29 is 24.1 Å². The lowest BCUT2D eigenvalue weighted by Gasteiger charge is -2.15. The van der Waals surface area contributed by atoms with Crippen molar-refractivity contribution in [3.05, 3.63) is 30.0 Å².